The van der Waals surface area contributed by atoms with Crippen LogP contribution in [0.15, 0.2) is 57.8 Å². The summed E-state index contributed by atoms with van der Waals surface area (Å²) in [6.45, 7) is 2.58. The van der Waals surface area contributed by atoms with Crippen molar-refractivity contribution in [3.05, 3.63) is 60.0 Å². The number of nitrogens with one attached hydrogen (secondary N) is 1. The van der Waals surface area contributed by atoms with E-state index in [1.165, 1.54) is 17.6 Å². The molecule has 2 aromatic carbocycles. The van der Waals surface area contributed by atoms with E-state index in [9.17, 15) is 13.2 Å². The molecule has 0 radical (unpaired) electrons. The minimum atomic E-state index is -4.07. The fourth-order valence-corrected chi connectivity index (χ4v) is 5.96. The van der Waals surface area contributed by atoms with Crippen LogP contribution in [-0.4, -0.2) is 54.3 Å². The number of hydroxylamine groups is 1. The maximum Gasteiger partial charge on any atom is 0.265 e. The van der Waals surface area contributed by atoms with Gasteiger partial charge < -0.3 is 13.9 Å². The number of amides is 1. The Balaban J connectivity index is 1.34. The number of hydrogen-bond donors (Lipinski definition) is 2. The molecule has 0 saturated carbocycles. The fourth-order valence-electron chi connectivity index (χ4n) is 4.02. The van der Waals surface area contributed by atoms with Gasteiger partial charge in [0.25, 0.3) is 5.91 Å². The summed E-state index contributed by atoms with van der Waals surface area (Å²) in [5.41, 5.74) is 3.48. The first-order chi connectivity index (χ1) is 16.9. The number of aryl methyl sites for hydroxylation is 2. The van der Waals surface area contributed by atoms with Crippen LogP contribution in [0.1, 0.15) is 30.7 Å². The van der Waals surface area contributed by atoms with Gasteiger partial charge in [-0.3, -0.25) is 10.0 Å². The Kier molecular flexibility index (Phi) is 7.48. The molecule has 186 valence electrons. The maximum absolute atomic E-state index is 13.3. The van der Waals surface area contributed by atoms with Gasteiger partial charge in [-0.2, -0.15) is 0 Å². The zero-order valence-corrected chi connectivity index (χ0v) is 20.1. The van der Waals surface area contributed by atoms with Crippen LogP contribution in [0.25, 0.3) is 11.5 Å². The average molecular weight is 502 g/mol. The van der Waals surface area contributed by atoms with E-state index in [-0.39, 0.29) is 31.0 Å². The lowest BCUT2D eigenvalue weighted by molar-refractivity contribution is -0.134. The third-order valence-electron chi connectivity index (χ3n) is 6.00. The molecule has 35 heavy (non-hydrogen) atoms. The van der Waals surface area contributed by atoms with Crippen molar-refractivity contribution in [3.8, 4) is 17.2 Å². The number of nitrogens with zero attached hydrogens (tertiary/aromatic N) is 2. The first-order valence-electron chi connectivity index (χ1n) is 11.2. The van der Waals surface area contributed by atoms with Gasteiger partial charge in [-0.05, 0) is 62.6 Å². The second kappa shape index (κ2) is 10.5. The van der Waals surface area contributed by atoms with Crippen molar-refractivity contribution in [3.63, 3.8) is 0 Å². The molecular formula is C24H27N3O7S. The van der Waals surface area contributed by atoms with E-state index in [1.54, 1.807) is 12.1 Å². The van der Waals surface area contributed by atoms with Gasteiger partial charge >= 0.3 is 0 Å². The summed E-state index contributed by atoms with van der Waals surface area (Å²) in [6, 6.07) is 13.7. The van der Waals surface area contributed by atoms with E-state index in [1.807, 2.05) is 31.2 Å². The number of rotatable bonds is 9. The van der Waals surface area contributed by atoms with Crippen LogP contribution in [0.2, 0.25) is 0 Å². The minimum absolute atomic E-state index is 0.0233. The molecule has 1 aromatic heterocycles. The van der Waals surface area contributed by atoms with Gasteiger partial charge in [-0.15, -0.1) is 10.2 Å². The van der Waals surface area contributed by atoms with Crippen LogP contribution in [0.4, 0.5) is 0 Å². The third-order valence-corrected chi connectivity index (χ3v) is 8.52. The summed E-state index contributed by atoms with van der Waals surface area (Å²) in [5, 5.41) is 17.3. The number of carbonyl (C=O) groups is 1. The van der Waals surface area contributed by atoms with Gasteiger partial charge in [0, 0.05) is 25.2 Å². The molecule has 0 aliphatic carbocycles. The molecular weight excluding hydrogens is 474 g/mol. The van der Waals surface area contributed by atoms with Crippen LogP contribution in [0, 0.1) is 6.92 Å². The van der Waals surface area contributed by atoms with Crippen molar-refractivity contribution in [2.24, 2.45) is 0 Å². The van der Waals surface area contributed by atoms with Gasteiger partial charge in [0.05, 0.1) is 11.5 Å². The molecule has 3 aromatic rings. The smallest absolute Gasteiger partial charge is 0.265 e. The van der Waals surface area contributed by atoms with Crippen LogP contribution >= 0.6 is 0 Å². The SMILES string of the molecule is Cc1cccc(-c2nnc(CCCOc3ccc(S(=O)(=O)C4(C(=O)NO)CCOCC4)cc3)o2)c1. The molecule has 1 saturated heterocycles. The summed E-state index contributed by atoms with van der Waals surface area (Å²) in [7, 11) is -4.07. The number of benzene rings is 2. The molecule has 1 fully saturated rings. The molecule has 2 N–H and O–H groups in total. The Bertz CT molecular complexity index is 1270. The van der Waals surface area contributed by atoms with Crippen molar-refractivity contribution in [2.75, 3.05) is 19.8 Å². The first-order valence-corrected chi connectivity index (χ1v) is 12.7. The predicted molar refractivity (Wildman–Crippen MR) is 125 cm³/mol. The molecule has 1 aliphatic heterocycles. The first kappa shape index (κ1) is 24.8. The molecule has 10 nitrogen and oxygen atoms in total. The van der Waals surface area contributed by atoms with Crippen molar-refractivity contribution < 1.29 is 32.3 Å². The zero-order valence-electron chi connectivity index (χ0n) is 19.3. The quantitative estimate of drug-likeness (QED) is 0.257. The Morgan fingerprint density at radius 2 is 1.89 bits per heavy atom. The van der Waals surface area contributed by atoms with E-state index in [4.69, 9.17) is 19.1 Å². The molecule has 0 atom stereocenters. The number of sulfone groups is 1. The van der Waals surface area contributed by atoms with Crippen molar-refractivity contribution in [1.82, 2.24) is 15.7 Å². The number of ether oxygens (including phenoxy) is 2. The standard InChI is InChI=1S/C24H27N3O7S/c1-17-4-2-5-18(16-17)22-26-25-21(34-22)6-3-13-33-19-7-9-20(10-8-19)35(30,31)24(23(28)27-29)11-14-32-15-12-24/h2,4-5,7-10,16,29H,3,6,11-15H2,1H3,(H,27,28). The van der Waals surface area contributed by atoms with E-state index in [0.717, 1.165) is 11.1 Å². The van der Waals surface area contributed by atoms with Gasteiger partial charge in [-0.1, -0.05) is 17.7 Å². The molecule has 0 bridgehead atoms. The summed E-state index contributed by atoms with van der Waals surface area (Å²) in [4.78, 5) is 12.3. The Morgan fingerprint density at radius 1 is 1.14 bits per heavy atom. The van der Waals surface area contributed by atoms with E-state index >= 15 is 0 Å². The highest BCUT2D eigenvalue weighted by Gasteiger charge is 2.52. The van der Waals surface area contributed by atoms with Crippen LogP contribution in [0.3, 0.4) is 0 Å². The topological polar surface area (TPSA) is 141 Å². The molecule has 11 heteroatoms. The highest BCUT2D eigenvalue weighted by Crippen LogP contribution is 2.35. The molecule has 0 unspecified atom stereocenters. The van der Waals surface area contributed by atoms with E-state index in [2.05, 4.69) is 10.2 Å². The van der Waals surface area contributed by atoms with Crippen LogP contribution in [0.5, 0.6) is 5.75 Å². The predicted octanol–water partition coefficient (Wildman–Crippen LogP) is 2.88. The molecule has 1 amide bonds. The number of hydrogen-bond acceptors (Lipinski definition) is 9. The van der Waals surface area contributed by atoms with Crippen molar-refractivity contribution in [2.45, 2.75) is 42.2 Å². The van der Waals surface area contributed by atoms with Crippen LogP contribution < -0.4 is 10.2 Å². The van der Waals surface area contributed by atoms with Crippen molar-refractivity contribution >= 4 is 15.7 Å². The monoisotopic (exact) mass is 501 g/mol. The average Bonchev–Trinajstić information content (AvgIpc) is 3.36. The lowest BCUT2D eigenvalue weighted by Crippen LogP contribution is -2.54. The fraction of sp³-hybridized carbons (Fsp3) is 0.375. The van der Waals surface area contributed by atoms with Crippen molar-refractivity contribution in [1.29, 1.82) is 0 Å². The lowest BCUT2D eigenvalue weighted by Gasteiger charge is -2.34. The summed E-state index contributed by atoms with van der Waals surface area (Å²) >= 11 is 0. The summed E-state index contributed by atoms with van der Waals surface area (Å²) in [5.74, 6) is 0.518. The highest BCUT2D eigenvalue weighted by molar-refractivity contribution is 7.93. The van der Waals surface area contributed by atoms with Gasteiger partial charge in [0.15, 0.2) is 14.6 Å². The number of carbonyl (C=O) groups excluding carboxylic acids is 1. The van der Waals surface area contributed by atoms with Gasteiger partial charge in [0.2, 0.25) is 11.8 Å². The lowest BCUT2D eigenvalue weighted by atomic mass is 9.98. The normalized spacial score (nSPS) is 15.5. The number of aromatic nitrogens is 2. The van der Waals surface area contributed by atoms with Gasteiger partial charge in [0.1, 0.15) is 5.75 Å². The van der Waals surface area contributed by atoms with E-state index in [0.29, 0.717) is 37.0 Å². The summed E-state index contributed by atoms with van der Waals surface area (Å²) < 4.78 is 41.4. The summed E-state index contributed by atoms with van der Waals surface area (Å²) in [6.07, 6.45) is 1.07. The Hall–Kier alpha value is -3.28. The highest BCUT2D eigenvalue weighted by atomic mass is 32.2. The largest absolute Gasteiger partial charge is 0.494 e. The Labute approximate surface area is 203 Å². The zero-order chi connectivity index (χ0) is 24.9. The van der Waals surface area contributed by atoms with Gasteiger partial charge in [-0.25, -0.2) is 13.9 Å². The minimum Gasteiger partial charge on any atom is -0.494 e. The molecule has 4 rings (SSSR count). The van der Waals surface area contributed by atoms with Crippen LogP contribution in [-0.2, 0) is 25.8 Å². The maximum atomic E-state index is 13.3. The second-order valence-electron chi connectivity index (χ2n) is 8.34. The molecule has 1 aliphatic rings. The molecule has 0 spiro atoms. The Morgan fingerprint density at radius 3 is 2.57 bits per heavy atom. The molecule has 2 heterocycles. The second-order valence-corrected chi connectivity index (χ2v) is 10.6. The van der Waals surface area contributed by atoms with E-state index < -0.39 is 20.5 Å². The third kappa shape index (κ3) is 5.21.